The quantitative estimate of drug-likeness (QED) is 0.716. The zero-order valence-corrected chi connectivity index (χ0v) is 12.0. The molecule has 0 heterocycles. The minimum Gasteiger partial charge on any atom is -0.379 e. The van der Waals surface area contributed by atoms with Crippen molar-refractivity contribution in [1.29, 1.82) is 0 Å². The van der Waals surface area contributed by atoms with Crippen molar-refractivity contribution in [2.75, 3.05) is 13.7 Å². The van der Waals surface area contributed by atoms with Gasteiger partial charge in [-0.2, -0.15) is 0 Å². The third-order valence-corrected chi connectivity index (χ3v) is 3.69. The van der Waals surface area contributed by atoms with E-state index in [-0.39, 0.29) is 0 Å². The average Bonchev–Trinajstić information content (AvgIpc) is 2.31. The molecular formula is C15H29NO. The Balaban J connectivity index is 2.68. The third-order valence-electron chi connectivity index (χ3n) is 3.69. The highest BCUT2D eigenvalue weighted by atomic mass is 16.5. The zero-order valence-electron chi connectivity index (χ0n) is 12.0. The number of nitrogens with one attached hydrogen (secondary N) is 1. The highest BCUT2D eigenvalue weighted by Crippen LogP contribution is 2.29. The number of hydrogen-bond donors (Lipinski definition) is 1. The molecule has 1 fully saturated rings. The third kappa shape index (κ3) is 4.81. The molecule has 1 N–H and O–H groups in total. The van der Waals surface area contributed by atoms with Crippen LogP contribution in [0.15, 0.2) is 11.6 Å². The van der Waals surface area contributed by atoms with Crippen LogP contribution in [0.5, 0.6) is 0 Å². The monoisotopic (exact) mass is 239 g/mol. The van der Waals surface area contributed by atoms with E-state index in [1.807, 2.05) is 7.11 Å². The van der Waals surface area contributed by atoms with Crippen LogP contribution in [0.1, 0.15) is 52.9 Å². The van der Waals surface area contributed by atoms with Crippen LogP contribution in [0.25, 0.3) is 0 Å². The minimum absolute atomic E-state index is 0.338. The first-order valence-electron chi connectivity index (χ1n) is 7.10. The summed E-state index contributed by atoms with van der Waals surface area (Å²) in [5.41, 5.74) is 1.37. The zero-order chi connectivity index (χ0) is 12.7. The maximum atomic E-state index is 5.80. The Morgan fingerprint density at radius 2 is 1.94 bits per heavy atom. The summed E-state index contributed by atoms with van der Waals surface area (Å²) in [5, 5.41) is 3.56. The van der Waals surface area contributed by atoms with Crippen LogP contribution in [0.3, 0.4) is 0 Å². The molecule has 0 bridgehead atoms. The molecular weight excluding hydrogens is 210 g/mol. The van der Waals surface area contributed by atoms with Crippen LogP contribution in [0, 0.1) is 5.92 Å². The molecule has 100 valence electrons. The predicted molar refractivity (Wildman–Crippen MR) is 74.3 cm³/mol. The van der Waals surface area contributed by atoms with Gasteiger partial charge in [0.2, 0.25) is 0 Å². The lowest BCUT2D eigenvalue weighted by molar-refractivity contribution is 0.0198. The summed E-state index contributed by atoms with van der Waals surface area (Å²) in [6.45, 7) is 7.50. The Kier molecular flexibility index (Phi) is 6.83. The number of ether oxygens (including phenoxy) is 1. The van der Waals surface area contributed by atoms with E-state index < -0.39 is 0 Å². The van der Waals surface area contributed by atoms with Crippen LogP contribution in [0.4, 0.5) is 0 Å². The van der Waals surface area contributed by atoms with E-state index in [9.17, 15) is 0 Å². The van der Waals surface area contributed by atoms with E-state index >= 15 is 0 Å². The van der Waals surface area contributed by atoms with Gasteiger partial charge in [0.25, 0.3) is 0 Å². The van der Waals surface area contributed by atoms with Crippen LogP contribution in [0.2, 0.25) is 0 Å². The molecule has 0 aromatic rings. The van der Waals surface area contributed by atoms with Crippen molar-refractivity contribution in [2.45, 2.75) is 65.0 Å². The van der Waals surface area contributed by atoms with Crippen molar-refractivity contribution in [1.82, 2.24) is 5.32 Å². The first-order valence-corrected chi connectivity index (χ1v) is 7.10. The molecule has 2 heteroatoms. The van der Waals surface area contributed by atoms with Gasteiger partial charge >= 0.3 is 0 Å². The second kappa shape index (κ2) is 7.88. The van der Waals surface area contributed by atoms with Crippen LogP contribution in [-0.4, -0.2) is 25.8 Å². The Hall–Kier alpha value is -0.340. The lowest BCUT2D eigenvalue weighted by atomic mass is 9.82. The van der Waals surface area contributed by atoms with Crippen molar-refractivity contribution >= 4 is 0 Å². The van der Waals surface area contributed by atoms with Crippen molar-refractivity contribution in [2.24, 2.45) is 5.92 Å². The van der Waals surface area contributed by atoms with E-state index in [1.165, 1.54) is 37.7 Å². The SMILES string of the molecule is CCNC(C=C(C)C)C(OC)C1CCCCC1. The van der Waals surface area contributed by atoms with Gasteiger partial charge in [0.15, 0.2) is 0 Å². The maximum Gasteiger partial charge on any atom is 0.0788 e. The Morgan fingerprint density at radius 3 is 2.41 bits per heavy atom. The summed E-state index contributed by atoms with van der Waals surface area (Å²) in [4.78, 5) is 0. The normalized spacial score (nSPS) is 20.9. The summed E-state index contributed by atoms with van der Waals surface area (Å²) in [7, 11) is 1.86. The molecule has 1 rings (SSSR count). The van der Waals surface area contributed by atoms with Gasteiger partial charge < -0.3 is 10.1 Å². The van der Waals surface area contributed by atoms with E-state index in [4.69, 9.17) is 4.74 Å². The molecule has 1 aliphatic carbocycles. The van der Waals surface area contributed by atoms with Crippen molar-refractivity contribution in [3.63, 3.8) is 0 Å². The number of allylic oxidation sites excluding steroid dienone is 1. The van der Waals surface area contributed by atoms with E-state index in [1.54, 1.807) is 0 Å². The smallest absolute Gasteiger partial charge is 0.0788 e. The summed E-state index contributed by atoms with van der Waals surface area (Å²) in [5.74, 6) is 0.730. The van der Waals surface area contributed by atoms with Crippen molar-refractivity contribution < 1.29 is 4.74 Å². The molecule has 1 aliphatic rings. The fraction of sp³-hybridized carbons (Fsp3) is 0.867. The fourth-order valence-corrected chi connectivity index (χ4v) is 2.96. The molecule has 17 heavy (non-hydrogen) atoms. The Labute approximate surface area is 107 Å². The summed E-state index contributed by atoms with van der Waals surface area (Å²) < 4.78 is 5.80. The summed E-state index contributed by atoms with van der Waals surface area (Å²) >= 11 is 0. The Morgan fingerprint density at radius 1 is 1.29 bits per heavy atom. The van der Waals surface area contributed by atoms with E-state index in [0.717, 1.165) is 12.5 Å². The minimum atomic E-state index is 0.338. The van der Waals surface area contributed by atoms with Gasteiger partial charge in [-0.05, 0) is 39.2 Å². The van der Waals surface area contributed by atoms with Gasteiger partial charge in [-0.3, -0.25) is 0 Å². The van der Waals surface area contributed by atoms with Gasteiger partial charge in [0, 0.05) is 7.11 Å². The molecule has 2 atom stereocenters. The van der Waals surface area contributed by atoms with Gasteiger partial charge in [0.1, 0.15) is 0 Å². The van der Waals surface area contributed by atoms with Crippen LogP contribution < -0.4 is 5.32 Å². The summed E-state index contributed by atoms with van der Waals surface area (Å²) in [6, 6.07) is 0.373. The van der Waals surface area contributed by atoms with E-state index in [2.05, 4.69) is 32.2 Å². The fourth-order valence-electron chi connectivity index (χ4n) is 2.96. The molecule has 0 aromatic heterocycles. The molecule has 1 saturated carbocycles. The first-order chi connectivity index (χ1) is 8.19. The molecule has 2 unspecified atom stereocenters. The van der Waals surface area contributed by atoms with Crippen molar-refractivity contribution in [3.8, 4) is 0 Å². The van der Waals surface area contributed by atoms with Gasteiger partial charge in [-0.25, -0.2) is 0 Å². The highest BCUT2D eigenvalue weighted by Gasteiger charge is 2.28. The summed E-state index contributed by atoms with van der Waals surface area (Å²) in [6.07, 6.45) is 9.48. The highest BCUT2D eigenvalue weighted by molar-refractivity contribution is 5.05. The molecule has 0 spiro atoms. The Bertz CT molecular complexity index is 227. The molecule has 0 radical (unpaired) electrons. The molecule has 2 nitrogen and oxygen atoms in total. The number of hydrogen-bond acceptors (Lipinski definition) is 2. The van der Waals surface area contributed by atoms with Gasteiger partial charge in [-0.15, -0.1) is 0 Å². The van der Waals surface area contributed by atoms with E-state index in [0.29, 0.717) is 12.1 Å². The molecule has 0 amide bonds. The standard InChI is InChI=1S/C15H29NO/c1-5-16-14(11-12(2)3)15(17-4)13-9-7-6-8-10-13/h11,13-16H,5-10H2,1-4H3. The second-order valence-electron chi connectivity index (χ2n) is 5.43. The molecule has 0 saturated heterocycles. The largest absolute Gasteiger partial charge is 0.379 e. The van der Waals surface area contributed by atoms with Crippen LogP contribution in [-0.2, 0) is 4.74 Å². The molecule has 0 aliphatic heterocycles. The number of likely N-dealkylation sites (N-methyl/N-ethyl adjacent to an activating group) is 1. The van der Waals surface area contributed by atoms with Crippen LogP contribution >= 0.6 is 0 Å². The van der Waals surface area contributed by atoms with Gasteiger partial charge in [-0.1, -0.05) is 37.8 Å². The van der Waals surface area contributed by atoms with Gasteiger partial charge in [0.05, 0.1) is 12.1 Å². The first kappa shape index (κ1) is 14.7. The average molecular weight is 239 g/mol. The van der Waals surface area contributed by atoms with Crippen molar-refractivity contribution in [3.05, 3.63) is 11.6 Å². The second-order valence-corrected chi connectivity index (χ2v) is 5.43. The predicted octanol–water partition coefficient (Wildman–Crippen LogP) is 3.53. The number of methoxy groups -OCH3 is 1. The molecule has 0 aromatic carbocycles. The topological polar surface area (TPSA) is 21.3 Å². The lowest BCUT2D eigenvalue weighted by Gasteiger charge is -2.34. The number of rotatable bonds is 6. The maximum absolute atomic E-state index is 5.80. The lowest BCUT2D eigenvalue weighted by Crippen LogP contribution is -2.44.